The smallest absolute Gasteiger partial charge is 0.242 e. The van der Waals surface area contributed by atoms with Crippen LogP contribution in [0, 0.1) is 47.3 Å². The summed E-state index contributed by atoms with van der Waals surface area (Å²) in [6.45, 7) is 79.0. The van der Waals surface area contributed by atoms with Gasteiger partial charge in [-0.3, -0.25) is 38.4 Å². The van der Waals surface area contributed by atoms with Crippen LogP contribution in [0.4, 0.5) is 0 Å². The lowest BCUT2D eigenvalue weighted by Gasteiger charge is -2.38. The summed E-state index contributed by atoms with van der Waals surface area (Å²) in [7, 11) is 0. The normalized spacial score (nSPS) is 13.4. The van der Waals surface area contributed by atoms with Crippen molar-refractivity contribution in [3.05, 3.63) is 98.2 Å². The van der Waals surface area contributed by atoms with Gasteiger partial charge in [-0.2, -0.15) is 0 Å². The van der Waals surface area contributed by atoms with E-state index in [0.29, 0.717) is 65.2 Å². The Hall–Kier alpha value is -8.28. The summed E-state index contributed by atoms with van der Waals surface area (Å²) in [6.07, 6.45) is -7.21. The molecule has 8 unspecified atom stereocenters. The summed E-state index contributed by atoms with van der Waals surface area (Å²) < 4.78 is 0. The molecule has 0 radical (unpaired) electrons. The first kappa shape index (κ1) is 121. The number of hydrogen-bond donors (Lipinski definition) is 10. The Morgan fingerprint density at radius 2 is 0.333 bits per heavy atom. The fourth-order valence-electron chi connectivity index (χ4n) is 14.8. The second kappa shape index (κ2) is 61.4. The van der Waals surface area contributed by atoms with Crippen LogP contribution in [0.1, 0.15) is 166 Å². The molecule has 0 aliphatic heterocycles. The highest BCUT2D eigenvalue weighted by molar-refractivity contribution is 5.83. The zero-order valence-corrected chi connectivity index (χ0v) is 84.2. The second-order valence-electron chi connectivity index (χ2n) is 39.6. The molecule has 0 heterocycles. The highest BCUT2D eigenvalue weighted by atomic mass is 16.3. The molecule has 33 nitrogen and oxygen atoms in total. The van der Waals surface area contributed by atoms with Gasteiger partial charge in [0, 0.05) is 150 Å². The predicted octanol–water partition coefficient (Wildman–Crippen LogP) is 4.68. The van der Waals surface area contributed by atoms with Crippen LogP contribution in [0.15, 0.2) is 98.2 Å². The highest BCUT2D eigenvalue weighted by Crippen LogP contribution is 2.22. The third-order valence-electron chi connectivity index (χ3n) is 20.0. The molecule has 0 aromatic heterocycles. The number of hydrogen-bond acceptors (Lipinski definition) is 25. The van der Waals surface area contributed by atoms with Crippen LogP contribution in [-0.2, 0) is 38.4 Å². The fraction of sp³-hybridized carbons (Fsp3) is 0.750. The topological polar surface area (TPSA) is 385 Å². The second-order valence-corrected chi connectivity index (χ2v) is 39.6. The summed E-state index contributed by atoms with van der Waals surface area (Å²) in [6, 6.07) is 0. The first-order chi connectivity index (χ1) is 59.6. The summed E-state index contributed by atoms with van der Waals surface area (Å²) in [5.74, 6) is -2.81. The monoisotopic (exact) mass is 1830 g/mol. The zero-order valence-electron chi connectivity index (χ0n) is 84.2. The lowest BCUT2D eigenvalue weighted by atomic mass is 10.1. The SMILES string of the molecule is C=C(N)CN(CC(C)C)C(=O)CN(CC(C)O)C(=C)CN(CC(C)C)C(=O)CN(CC(C)O)C(=C)CN(CC(C)C)C(=O)CN(CC(C)O)C(=C)CN(CC(C)C)C(=O)CN(CC(C)O)C(=C)CN(CC(C)C)C(=O)CN(CC(C)O)C(=C)CN(CC(C)C)C(=O)CN(CC(C)O)C(=C)CN(CC(C)C)C(=O)CN(CC(C)O)C(=C)CN(CC(C)C)C(=O)CNCC(C)O. The molecule has 0 saturated carbocycles. The van der Waals surface area contributed by atoms with Crippen LogP contribution >= 0.6 is 0 Å². The van der Waals surface area contributed by atoms with Gasteiger partial charge in [0.15, 0.2) is 0 Å². The Morgan fingerprint density at radius 3 is 0.450 bits per heavy atom. The molecule has 0 rings (SSSR count). The number of nitrogens with one attached hydrogen (secondary N) is 1. The molecule has 0 aromatic carbocycles. The van der Waals surface area contributed by atoms with Crippen molar-refractivity contribution >= 4 is 47.3 Å². The molecular formula is C96H179N17O16. The highest BCUT2D eigenvalue weighted by Gasteiger charge is 2.34. The largest absolute Gasteiger partial charge is 0.401 e. The summed E-state index contributed by atoms with van der Waals surface area (Å²) in [4.78, 5) is 141. The summed E-state index contributed by atoms with van der Waals surface area (Å²) in [5, 5.41) is 89.3. The predicted molar refractivity (Wildman–Crippen MR) is 516 cm³/mol. The van der Waals surface area contributed by atoms with Crippen LogP contribution in [0.25, 0.3) is 0 Å². The molecule has 0 bridgehead atoms. The van der Waals surface area contributed by atoms with E-state index in [-0.39, 0.29) is 273 Å². The van der Waals surface area contributed by atoms with E-state index in [0.717, 1.165) is 0 Å². The lowest BCUT2D eigenvalue weighted by Crippen LogP contribution is -2.50. The van der Waals surface area contributed by atoms with Crippen molar-refractivity contribution in [3.8, 4) is 0 Å². The quantitative estimate of drug-likeness (QED) is 0.0395. The molecule has 0 spiro atoms. The lowest BCUT2D eigenvalue weighted by molar-refractivity contribution is -0.135. The molecule has 0 aliphatic rings. The summed E-state index contributed by atoms with van der Waals surface area (Å²) >= 11 is 0. The third kappa shape index (κ3) is 52.5. The Bertz CT molecular complexity index is 3430. The Morgan fingerprint density at radius 1 is 0.202 bits per heavy atom. The van der Waals surface area contributed by atoms with Crippen LogP contribution in [-0.4, -0.2) is 420 Å². The van der Waals surface area contributed by atoms with E-state index >= 15 is 9.59 Å². The van der Waals surface area contributed by atoms with Crippen molar-refractivity contribution in [2.24, 2.45) is 53.1 Å². The maximum absolute atomic E-state index is 15.1. The van der Waals surface area contributed by atoms with Gasteiger partial charge in [0.05, 0.1) is 154 Å². The minimum absolute atomic E-state index is 0.00600. The van der Waals surface area contributed by atoms with Gasteiger partial charge in [-0.25, -0.2) is 0 Å². The molecule has 0 aromatic rings. The van der Waals surface area contributed by atoms with Gasteiger partial charge in [0.1, 0.15) is 0 Å². The standard InChI is InChI=1S/C96H179N17O16/c1-65(2)35-106(43-73(17)97)90(123)58-99(51-82(26)115)75(19)45-108(37-67(5)6)92(125)60-101(53-84(28)117)77(21)47-110(39-69(9)10)94(127)62-103(55-86(30)119)79(23)49-112(41-71(13)14)96(129)64-105(57-88(32)121)80(24)50-113(42-72(15)16)95(128)63-104(56-87(31)120)78(22)48-111(40-70(11)12)93(126)61-102(54-85(29)118)76(20)46-109(38-68(7)8)91(124)59-100(52-83(27)116)74(18)44-107(36-66(3)4)89(122)34-98-33-81(25)114/h65-72,81-88,98,114-121H,17-24,33-64,97H2,1-16,25-32H3. The maximum atomic E-state index is 15.1. The number of amides is 8. The minimum Gasteiger partial charge on any atom is -0.401 e. The Kier molecular flexibility index (Phi) is 57.5. The molecule has 744 valence electrons. The number of rotatable bonds is 71. The van der Waals surface area contributed by atoms with E-state index in [4.69, 9.17) is 5.73 Å². The van der Waals surface area contributed by atoms with Gasteiger partial charge in [0.2, 0.25) is 47.3 Å². The molecule has 11 N–H and O–H groups in total. The van der Waals surface area contributed by atoms with E-state index in [1.165, 1.54) is 0 Å². The zero-order chi connectivity index (χ0) is 99.5. The van der Waals surface area contributed by atoms with Crippen LogP contribution < -0.4 is 11.1 Å². The first-order valence-corrected chi connectivity index (χ1v) is 46.4. The van der Waals surface area contributed by atoms with Gasteiger partial charge in [-0.15, -0.1) is 0 Å². The Balaban J connectivity index is 7.30. The number of nitrogens with zero attached hydrogens (tertiary/aromatic N) is 15. The molecule has 8 amide bonds. The van der Waals surface area contributed by atoms with Crippen molar-refractivity contribution in [2.75, 3.05) is 209 Å². The molecule has 0 aliphatic carbocycles. The fourth-order valence-corrected chi connectivity index (χ4v) is 14.8. The molecule has 8 atom stereocenters. The molecule has 33 heteroatoms. The number of aliphatic hydroxyl groups is 8. The first-order valence-electron chi connectivity index (χ1n) is 46.4. The molecule has 0 fully saturated rings. The van der Waals surface area contributed by atoms with Gasteiger partial charge >= 0.3 is 0 Å². The van der Waals surface area contributed by atoms with Gasteiger partial charge in [-0.1, -0.05) is 163 Å². The van der Waals surface area contributed by atoms with Crippen LogP contribution in [0.5, 0.6) is 0 Å². The third-order valence-corrected chi connectivity index (χ3v) is 20.0. The van der Waals surface area contributed by atoms with Gasteiger partial charge in [-0.05, 0) is 103 Å². The number of carbonyl (C=O) groups excluding carboxylic acids is 8. The number of nitrogens with two attached hydrogens (primary N) is 1. The number of aliphatic hydroxyl groups excluding tert-OH is 8. The van der Waals surface area contributed by atoms with E-state index < -0.39 is 60.6 Å². The average molecular weight is 1830 g/mol. The summed E-state index contributed by atoms with van der Waals surface area (Å²) in [5.41, 5.74) is 8.88. The average Bonchev–Trinajstić information content (AvgIpc) is 0.850. The van der Waals surface area contributed by atoms with Crippen LogP contribution in [0.2, 0.25) is 0 Å². The molecule has 129 heavy (non-hydrogen) atoms. The van der Waals surface area contributed by atoms with Gasteiger partial charge < -0.3 is 125 Å². The van der Waals surface area contributed by atoms with Crippen molar-refractivity contribution in [2.45, 2.75) is 215 Å². The van der Waals surface area contributed by atoms with Crippen molar-refractivity contribution in [1.29, 1.82) is 0 Å². The van der Waals surface area contributed by atoms with E-state index in [1.807, 2.05) is 111 Å². The van der Waals surface area contributed by atoms with Crippen molar-refractivity contribution in [1.82, 2.24) is 78.8 Å². The van der Waals surface area contributed by atoms with Crippen LogP contribution in [0.3, 0.4) is 0 Å². The van der Waals surface area contributed by atoms with Crippen molar-refractivity contribution < 1.29 is 79.2 Å². The van der Waals surface area contributed by atoms with Gasteiger partial charge in [0.25, 0.3) is 0 Å². The minimum atomic E-state index is -0.982. The molecule has 0 saturated heterocycles. The number of carbonyl (C=O) groups is 8. The molecular weight excluding hydrogens is 1650 g/mol. The van der Waals surface area contributed by atoms with E-state index in [1.54, 1.807) is 129 Å². The Labute approximate surface area is 777 Å². The van der Waals surface area contributed by atoms with E-state index in [2.05, 4.69) is 57.9 Å². The maximum Gasteiger partial charge on any atom is 0.242 e. The van der Waals surface area contributed by atoms with Crippen molar-refractivity contribution in [3.63, 3.8) is 0 Å². The van der Waals surface area contributed by atoms with E-state index in [9.17, 15) is 69.6 Å².